The van der Waals surface area contributed by atoms with Crippen LogP contribution in [0, 0.1) is 18.3 Å². The first kappa shape index (κ1) is 28.3. The molecule has 4 aromatic heterocycles. The molecule has 2 fully saturated rings. The van der Waals surface area contributed by atoms with E-state index in [2.05, 4.69) is 31.2 Å². The highest BCUT2D eigenvalue weighted by Crippen LogP contribution is 2.33. The Labute approximate surface area is 230 Å². The van der Waals surface area contributed by atoms with E-state index in [9.17, 15) is 5.26 Å². The molecule has 0 bridgehead atoms. The van der Waals surface area contributed by atoms with E-state index in [4.69, 9.17) is 9.47 Å². The van der Waals surface area contributed by atoms with Gasteiger partial charge in [-0.1, -0.05) is 32.8 Å². The van der Waals surface area contributed by atoms with Crippen molar-refractivity contribution in [1.82, 2.24) is 29.7 Å². The lowest BCUT2D eigenvalue weighted by Crippen LogP contribution is -2.49. The zero-order chi connectivity index (χ0) is 27.6. The number of pyridine rings is 2. The Bertz CT molecular complexity index is 1350. The van der Waals surface area contributed by atoms with Gasteiger partial charge in [0.15, 0.2) is 0 Å². The van der Waals surface area contributed by atoms with E-state index >= 15 is 0 Å². The summed E-state index contributed by atoms with van der Waals surface area (Å²) in [6, 6.07) is 10.5. The summed E-state index contributed by atoms with van der Waals surface area (Å²) in [6.07, 6.45) is 12.3. The van der Waals surface area contributed by atoms with Crippen LogP contribution in [0.3, 0.4) is 0 Å². The average Bonchev–Trinajstić information content (AvgIpc) is 3.47. The number of hydrogen-bond donors (Lipinski definition) is 1. The molecule has 6 rings (SSSR count). The van der Waals surface area contributed by atoms with Crippen molar-refractivity contribution < 1.29 is 9.47 Å². The van der Waals surface area contributed by atoms with Crippen LogP contribution in [0.25, 0.3) is 16.6 Å². The highest BCUT2D eigenvalue weighted by atomic mass is 16.5. The zero-order valence-corrected chi connectivity index (χ0v) is 23.4. The van der Waals surface area contributed by atoms with Gasteiger partial charge < -0.3 is 9.47 Å². The summed E-state index contributed by atoms with van der Waals surface area (Å²) in [5.41, 5.74) is 4.72. The number of nitrogens with zero attached hydrogens (tertiary/aromatic N) is 6. The van der Waals surface area contributed by atoms with Crippen molar-refractivity contribution in [1.29, 1.82) is 5.26 Å². The lowest BCUT2D eigenvalue weighted by molar-refractivity contribution is -0.0636. The van der Waals surface area contributed by atoms with Crippen molar-refractivity contribution in [2.45, 2.75) is 65.5 Å². The van der Waals surface area contributed by atoms with Gasteiger partial charge in [-0.2, -0.15) is 15.5 Å². The maximum absolute atomic E-state index is 9.41. The molecular formula is C30H39N7O2. The van der Waals surface area contributed by atoms with Gasteiger partial charge in [-0.15, -0.1) is 0 Å². The molecule has 39 heavy (non-hydrogen) atoms. The molecule has 0 spiro atoms. The SMILES string of the molecule is C1CCCN(C2COC2)CC1.CC.Cc1[nH]ncc1-c1cc(OC(C)c2ccccn2)c2c(C#N)cnn2c1. The van der Waals surface area contributed by atoms with Crippen molar-refractivity contribution in [3.05, 3.63) is 66.0 Å². The Morgan fingerprint density at radius 1 is 1.13 bits per heavy atom. The van der Waals surface area contributed by atoms with Crippen LogP contribution < -0.4 is 4.74 Å². The van der Waals surface area contributed by atoms with Gasteiger partial charge in [-0.05, 0) is 58.0 Å². The van der Waals surface area contributed by atoms with Gasteiger partial charge in [-0.3, -0.25) is 15.0 Å². The predicted octanol–water partition coefficient (Wildman–Crippen LogP) is 5.73. The molecular weight excluding hydrogens is 490 g/mol. The van der Waals surface area contributed by atoms with Crippen LogP contribution in [0.15, 0.2) is 49.1 Å². The summed E-state index contributed by atoms with van der Waals surface area (Å²) >= 11 is 0. The first-order chi connectivity index (χ1) is 19.1. The van der Waals surface area contributed by atoms with Gasteiger partial charge in [-0.25, -0.2) is 4.52 Å². The fourth-order valence-electron chi connectivity index (χ4n) is 4.81. The molecule has 1 N–H and O–H groups in total. The Kier molecular flexibility index (Phi) is 10.1. The topological polar surface area (TPSA) is 104 Å². The zero-order valence-electron chi connectivity index (χ0n) is 23.4. The summed E-state index contributed by atoms with van der Waals surface area (Å²) in [4.78, 5) is 6.95. The minimum atomic E-state index is -0.276. The summed E-state index contributed by atoms with van der Waals surface area (Å²) in [5, 5.41) is 20.7. The molecule has 206 valence electrons. The second-order valence-electron chi connectivity index (χ2n) is 9.62. The van der Waals surface area contributed by atoms with Gasteiger partial charge >= 0.3 is 0 Å². The van der Waals surface area contributed by atoms with Crippen molar-refractivity contribution in [3.63, 3.8) is 0 Å². The van der Waals surface area contributed by atoms with Crippen LogP contribution in [0.1, 0.15) is 69.5 Å². The molecule has 2 aliphatic rings. The second kappa shape index (κ2) is 13.9. The van der Waals surface area contributed by atoms with Crippen LogP contribution in [0.4, 0.5) is 0 Å². The quantitative estimate of drug-likeness (QED) is 0.352. The first-order valence-corrected chi connectivity index (χ1v) is 13.9. The molecule has 0 aliphatic carbocycles. The van der Waals surface area contributed by atoms with E-state index in [1.54, 1.807) is 23.1 Å². The number of aromatic amines is 1. The number of rotatable bonds is 5. The van der Waals surface area contributed by atoms with Crippen molar-refractivity contribution >= 4 is 5.52 Å². The number of likely N-dealkylation sites (tertiary alicyclic amines) is 1. The second-order valence-corrected chi connectivity index (χ2v) is 9.62. The molecule has 0 radical (unpaired) electrons. The first-order valence-electron chi connectivity index (χ1n) is 13.9. The Morgan fingerprint density at radius 2 is 1.90 bits per heavy atom. The molecule has 2 saturated heterocycles. The van der Waals surface area contributed by atoms with E-state index in [1.807, 2.05) is 58.2 Å². The maximum Gasteiger partial charge on any atom is 0.148 e. The summed E-state index contributed by atoms with van der Waals surface area (Å²) in [7, 11) is 0. The fourth-order valence-corrected chi connectivity index (χ4v) is 4.81. The highest BCUT2D eigenvalue weighted by molar-refractivity contribution is 5.75. The van der Waals surface area contributed by atoms with Crippen molar-refractivity contribution in [3.8, 4) is 22.9 Å². The summed E-state index contributed by atoms with van der Waals surface area (Å²) in [6.45, 7) is 12.5. The third-order valence-corrected chi connectivity index (χ3v) is 7.02. The lowest BCUT2D eigenvalue weighted by atomic mass is 10.1. The van der Waals surface area contributed by atoms with E-state index < -0.39 is 0 Å². The molecule has 6 heterocycles. The van der Waals surface area contributed by atoms with Crippen LogP contribution in [-0.4, -0.2) is 62.0 Å². The molecule has 1 unspecified atom stereocenters. The molecule has 0 aromatic carbocycles. The Hall–Kier alpha value is -3.74. The van der Waals surface area contributed by atoms with Gasteiger partial charge in [0.2, 0.25) is 0 Å². The predicted molar refractivity (Wildman–Crippen MR) is 152 cm³/mol. The van der Waals surface area contributed by atoms with E-state index in [1.165, 1.54) is 38.8 Å². The smallest absolute Gasteiger partial charge is 0.148 e. The van der Waals surface area contributed by atoms with Crippen LogP contribution in [0.5, 0.6) is 5.75 Å². The number of aromatic nitrogens is 5. The van der Waals surface area contributed by atoms with Crippen LogP contribution >= 0.6 is 0 Å². The number of nitriles is 1. The van der Waals surface area contributed by atoms with Gasteiger partial charge in [0, 0.05) is 29.2 Å². The van der Waals surface area contributed by atoms with Crippen molar-refractivity contribution in [2.24, 2.45) is 0 Å². The number of fused-ring (bicyclic) bond motifs is 1. The maximum atomic E-state index is 9.41. The van der Waals surface area contributed by atoms with Crippen molar-refractivity contribution in [2.75, 3.05) is 26.3 Å². The van der Waals surface area contributed by atoms with Gasteiger partial charge in [0.25, 0.3) is 0 Å². The minimum Gasteiger partial charge on any atom is -0.482 e. The summed E-state index contributed by atoms with van der Waals surface area (Å²) in [5.74, 6) is 0.579. The van der Waals surface area contributed by atoms with E-state index in [0.29, 0.717) is 16.8 Å². The lowest BCUT2D eigenvalue weighted by Gasteiger charge is -2.36. The molecule has 9 nitrogen and oxygen atoms in total. The van der Waals surface area contributed by atoms with E-state index in [0.717, 1.165) is 41.8 Å². The monoisotopic (exact) mass is 529 g/mol. The number of ether oxygens (including phenoxy) is 2. The Morgan fingerprint density at radius 3 is 2.49 bits per heavy atom. The highest BCUT2D eigenvalue weighted by Gasteiger charge is 2.25. The summed E-state index contributed by atoms with van der Waals surface area (Å²) < 4.78 is 13.0. The molecule has 1 atom stereocenters. The largest absolute Gasteiger partial charge is 0.482 e. The number of hydrogen-bond acceptors (Lipinski definition) is 7. The standard InChI is InChI=1S/C19H16N6O.C9H17NO.C2H6/c1-12-16(10-22-24-12)14-7-18(19-15(8-20)9-23-25(19)11-14)26-13(2)17-5-3-4-6-21-17;1-2-4-6-10(5-3-1)9-7-11-8-9;1-2/h3-7,9-11,13H,1-2H3,(H,22,24);9H,1-8H2;1-2H3. The third-order valence-electron chi connectivity index (χ3n) is 7.02. The molecule has 4 aromatic rings. The van der Waals surface area contributed by atoms with Crippen LogP contribution in [0.2, 0.25) is 0 Å². The molecule has 2 aliphatic heterocycles. The molecule has 0 amide bonds. The van der Waals surface area contributed by atoms with E-state index in [-0.39, 0.29) is 6.10 Å². The van der Waals surface area contributed by atoms with Gasteiger partial charge in [0.05, 0.1) is 37.3 Å². The number of H-pyrrole nitrogens is 1. The molecule has 0 saturated carbocycles. The third kappa shape index (κ3) is 6.83. The minimum absolute atomic E-state index is 0.276. The molecule has 9 heteroatoms. The Balaban J connectivity index is 0.000000226. The fraction of sp³-hybridized carbons (Fsp3) is 0.467. The number of nitrogens with one attached hydrogen (secondary N) is 1. The average molecular weight is 530 g/mol. The van der Waals surface area contributed by atoms with Gasteiger partial charge in [0.1, 0.15) is 29.0 Å². The normalized spacial score (nSPS) is 16.5. The van der Waals surface area contributed by atoms with Crippen LogP contribution in [-0.2, 0) is 4.74 Å². The number of aryl methyl sites for hydroxylation is 1.